The Bertz CT molecular complexity index is 401. The molecule has 1 unspecified atom stereocenters. The van der Waals surface area contributed by atoms with E-state index in [0.29, 0.717) is 6.42 Å². The molecule has 0 amide bonds. The zero-order chi connectivity index (χ0) is 13.1. The minimum atomic E-state index is -0.941. The predicted molar refractivity (Wildman–Crippen MR) is 66.1 cm³/mol. The summed E-state index contributed by atoms with van der Waals surface area (Å²) in [7, 11) is 1.60. The molecule has 4 heteroatoms. The number of methoxy groups -OCH3 is 1. The zero-order valence-electron chi connectivity index (χ0n) is 10.4. The van der Waals surface area contributed by atoms with Gasteiger partial charge in [-0.05, 0) is 38.0 Å². The molecule has 0 bridgehead atoms. The highest BCUT2D eigenvalue weighted by Crippen LogP contribution is 2.23. The maximum absolute atomic E-state index is 11.1. The summed E-state index contributed by atoms with van der Waals surface area (Å²) in [6, 6.07) is 7.07. The average molecular weight is 237 g/mol. The fourth-order valence-electron chi connectivity index (χ4n) is 1.47. The van der Waals surface area contributed by atoms with E-state index in [9.17, 15) is 4.79 Å². The molecule has 3 N–H and O–H groups in total. The summed E-state index contributed by atoms with van der Waals surface area (Å²) in [6.07, 6.45) is 0.510. The predicted octanol–water partition coefficient (Wildman–Crippen LogP) is 1.68. The van der Waals surface area contributed by atoms with Gasteiger partial charge in [0.05, 0.1) is 12.5 Å². The van der Waals surface area contributed by atoms with E-state index < -0.39 is 17.4 Å². The number of carbonyl (C=O) groups is 1. The van der Waals surface area contributed by atoms with Crippen LogP contribution in [0.5, 0.6) is 5.75 Å². The van der Waals surface area contributed by atoms with E-state index in [2.05, 4.69) is 0 Å². The van der Waals surface area contributed by atoms with E-state index in [1.54, 1.807) is 21.0 Å². The van der Waals surface area contributed by atoms with Crippen LogP contribution in [0, 0.1) is 5.41 Å². The maximum Gasteiger partial charge on any atom is 0.310 e. The molecule has 1 aromatic rings. The number of ether oxygens (including phenoxy) is 1. The van der Waals surface area contributed by atoms with Gasteiger partial charge in [0, 0.05) is 6.04 Å². The van der Waals surface area contributed by atoms with Gasteiger partial charge >= 0.3 is 5.97 Å². The molecule has 1 atom stereocenters. The molecule has 17 heavy (non-hydrogen) atoms. The van der Waals surface area contributed by atoms with E-state index in [0.717, 1.165) is 11.3 Å². The largest absolute Gasteiger partial charge is 0.497 e. The molecule has 0 fully saturated rings. The first-order chi connectivity index (χ1) is 7.87. The molecule has 0 saturated carbocycles. The summed E-state index contributed by atoms with van der Waals surface area (Å²) >= 11 is 0. The topological polar surface area (TPSA) is 72.5 Å². The van der Waals surface area contributed by atoms with Gasteiger partial charge in [0.25, 0.3) is 0 Å². The fraction of sp³-hybridized carbons (Fsp3) is 0.462. The van der Waals surface area contributed by atoms with E-state index in [-0.39, 0.29) is 0 Å². The van der Waals surface area contributed by atoms with Crippen molar-refractivity contribution in [2.45, 2.75) is 26.3 Å². The molecular formula is C13H19NO3. The highest BCUT2D eigenvalue weighted by atomic mass is 16.5. The van der Waals surface area contributed by atoms with Crippen molar-refractivity contribution in [3.63, 3.8) is 0 Å². The van der Waals surface area contributed by atoms with Crippen molar-refractivity contribution >= 4 is 5.97 Å². The number of hydrogen-bond donors (Lipinski definition) is 2. The van der Waals surface area contributed by atoms with E-state index >= 15 is 0 Å². The molecule has 0 heterocycles. The molecule has 0 aliphatic carbocycles. The Labute approximate surface area is 101 Å². The Hall–Kier alpha value is -1.55. The highest BCUT2D eigenvalue weighted by Gasteiger charge is 2.34. The summed E-state index contributed by atoms with van der Waals surface area (Å²) in [5, 5.41) is 9.09. The van der Waals surface area contributed by atoms with Crippen molar-refractivity contribution in [3.05, 3.63) is 29.8 Å². The maximum atomic E-state index is 11.1. The second kappa shape index (κ2) is 5.19. The lowest BCUT2D eigenvalue weighted by Gasteiger charge is -2.27. The summed E-state index contributed by atoms with van der Waals surface area (Å²) in [4.78, 5) is 11.1. The van der Waals surface area contributed by atoms with Gasteiger partial charge in [-0.3, -0.25) is 4.79 Å². The zero-order valence-corrected chi connectivity index (χ0v) is 10.4. The van der Waals surface area contributed by atoms with Crippen LogP contribution in [0.25, 0.3) is 0 Å². The summed E-state index contributed by atoms with van der Waals surface area (Å²) in [6.45, 7) is 3.28. The van der Waals surface area contributed by atoms with Crippen molar-refractivity contribution in [1.29, 1.82) is 0 Å². The Balaban J connectivity index is 2.80. The number of carboxylic acid groups (broad SMARTS) is 1. The van der Waals surface area contributed by atoms with Crippen molar-refractivity contribution in [2.24, 2.45) is 11.1 Å². The van der Waals surface area contributed by atoms with Crippen molar-refractivity contribution < 1.29 is 14.6 Å². The van der Waals surface area contributed by atoms with Crippen molar-refractivity contribution in [1.82, 2.24) is 0 Å². The SMILES string of the molecule is COc1cccc(CC(N)C(C)(C)C(=O)O)c1. The second-order valence-electron chi connectivity index (χ2n) is 4.69. The Morgan fingerprint density at radius 2 is 2.18 bits per heavy atom. The van der Waals surface area contributed by atoms with Crippen LogP contribution in [0.15, 0.2) is 24.3 Å². The van der Waals surface area contributed by atoms with Crippen molar-refractivity contribution in [3.8, 4) is 5.75 Å². The van der Waals surface area contributed by atoms with Crippen LogP contribution in [-0.2, 0) is 11.2 Å². The van der Waals surface area contributed by atoms with Gasteiger partial charge in [-0.25, -0.2) is 0 Å². The molecule has 0 aliphatic rings. The van der Waals surface area contributed by atoms with Crippen LogP contribution in [0.4, 0.5) is 0 Å². The van der Waals surface area contributed by atoms with E-state index in [1.165, 1.54) is 0 Å². The molecule has 1 rings (SSSR count). The quantitative estimate of drug-likeness (QED) is 0.817. The van der Waals surface area contributed by atoms with Gasteiger partial charge in [-0.15, -0.1) is 0 Å². The van der Waals surface area contributed by atoms with Gasteiger partial charge in [-0.1, -0.05) is 12.1 Å². The Morgan fingerprint density at radius 1 is 1.53 bits per heavy atom. The number of rotatable bonds is 5. The van der Waals surface area contributed by atoms with Gasteiger partial charge < -0.3 is 15.6 Å². The Kier molecular flexibility index (Phi) is 4.12. The van der Waals surface area contributed by atoms with Crippen molar-refractivity contribution in [2.75, 3.05) is 7.11 Å². The minimum Gasteiger partial charge on any atom is -0.497 e. The third kappa shape index (κ3) is 3.20. The lowest BCUT2D eigenvalue weighted by atomic mass is 9.82. The lowest BCUT2D eigenvalue weighted by Crippen LogP contribution is -2.44. The molecule has 94 valence electrons. The smallest absolute Gasteiger partial charge is 0.310 e. The molecule has 1 aromatic carbocycles. The van der Waals surface area contributed by atoms with Gasteiger partial charge in [0.1, 0.15) is 5.75 Å². The van der Waals surface area contributed by atoms with Crippen LogP contribution in [0.3, 0.4) is 0 Å². The highest BCUT2D eigenvalue weighted by molar-refractivity contribution is 5.74. The first kappa shape index (κ1) is 13.5. The summed E-state index contributed by atoms with van der Waals surface area (Å²) in [5.41, 5.74) is 5.99. The molecular weight excluding hydrogens is 218 g/mol. The number of hydrogen-bond acceptors (Lipinski definition) is 3. The Morgan fingerprint density at radius 3 is 2.71 bits per heavy atom. The standard InChI is InChI=1S/C13H19NO3/c1-13(2,12(15)16)11(14)8-9-5-4-6-10(7-9)17-3/h4-7,11H,8,14H2,1-3H3,(H,15,16). The first-order valence-electron chi connectivity index (χ1n) is 5.50. The molecule has 0 aliphatic heterocycles. The third-order valence-electron chi connectivity index (χ3n) is 3.07. The fourth-order valence-corrected chi connectivity index (χ4v) is 1.47. The van der Waals surface area contributed by atoms with E-state index in [1.807, 2.05) is 24.3 Å². The third-order valence-corrected chi connectivity index (χ3v) is 3.07. The normalized spacial score (nSPS) is 13.2. The van der Waals surface area contributed by atoms with Crippen LogP contribution in [0.1, 0.15) is 19.4 Å². The van der Waals surface area contributed by atoms with Gasteiger partial charge in [-0.2, -0.15) is 0 Å². The number of nitrogens with two attached hydrogens (primary N) is 1. The molecule has 4 nitrogen and oxygen atoms in total. The van der Waals surface area contributed by atoms with Crippen LogP contribution in [0.2, 0.25) is 0 Å². The number of benzene rings is 1. The number of aliphatic carboxylic acids is 1. The molecule has 0 saturated heterocycles. The molecule has 0 aromatic heterocycles. The van der Waals surface area contributed by atoms with Crippen LogP contribution in [-0.4, -0.2) is 24.2 Å². The molecule has 0 spiro atoms. The van der Waals surface area contributed by atoms with Gasteiger partial charge in [0.2, 0.25) is 0 Å². The summed E-state index contributed by atoms with van der Waals surface area (Å²) < 4.78 is 5.11. The van der Waals surface area contributed by atoms with E-state index in [4.69, 9.17) is 15.6 Å². The van der Waals surface area contributed by atoms with Crippen LogP contribution >= 0.6 is 0 Å². The monoisotopic (exact) mass is 237 g/mol. The van der Waals surface area contributed by atoms with Crippen LogP contribution < -0.4 is 10.5 Å². The lowest BCUT2D eigenvalue weighted by molar-refractivity contribution is -0.148. The number of carboxylic acids is 1. The summed E-state index contributed by atoms with van der Waals surface area (Å²) in [5.74, 6) is -0.129. The minimum absolute atomic E-state index is 0.438. The molecule has 0 radical (unpaired) electrons. The second-order valence-corrected chi connectivity index (χ2v) is 4.69. The van der Waals surface area contributed by atoms with Gasteiger partial charge in [0.15, 0.2) is 0 Å². The first-order valence-corrected chi connectivity index (χ1v) is 5.50. The average Bonchev–Trinajstić information content (AvgIpc) is 2.29.